The predicted octanol–water partition coefficient (Wildman–Crippen LogP) is 7.12. The van der Waals surface area contributed by atoms with Crippen LogP contribution in [0.5, 0.6) is 0 Å². The number of aromatic nitrogens is 6. The van der Waals surface area contributed by atoms with E-state index in [4.69, 9.17) is 0 Å². The number of fused-ring (bicyclic) bond motifs is 2. The number of carbonyl (C=O) groups excluding carboxylic acids is 1. The van der Waals surface area contributed by atoms with E-state index < -0.39 is 0 Å². The fourth-order valence-electron chi connectivity index (χ4n) is 5.49. The summed E-state index contributed by atoms with van der Waals surface area (Å²) in [6, 6.07) is 12.4. The Morgan fingerprint density at radius 2 is 1.90 bits per heavy atom. The number of H-pyrrole nitrogens is 2. The molecule has 1 saturated carbocycles. The first-order valence-corrected chi connectivity index (χ1v) is 14.1. The Hall–Kier alpha value is -4.37. The second-order valence-electron chi connectivity index (χ2n) is 10.2. The highest BCUT2D eigenvalue weighted by Crippen LogP contribution is 2.36. The lowest BCUT2D eigenvalue weighted by Gasteiger charge is -2.20. The minimum atomic E-state index is 0.0821. The third-order valence-electron chi connectivity index (χ3n) is 7.52. The van der Waals surface area contributed by atoms with Gasteiger partial charge in [0.25, 0.3) is 0 Å². The van der Waals surface area contributed by atoms with Gasteiger partial charge in [-0.05, 0) is 56.2 Å². The highest BCUT2D eigenvalue weighted by atomic mass is 32.1. The van der Waals surface area contributed by atoms with Crippen LogP contribution in [-0.4, -0.2) is 36.0 Å². The van der Waals surface area contributed by atoms with E-state index in [9.17, 15) is 4.79 Å². The van der Waals surface area contributed by atoms with E-state index in [1.165, 1.54) is 16.2 Å². The summed E-state index contributed by atoms with van der Waals surface area (Å²) in [6.07, 6.45) is 12.5. The molecule has 0 spiro atoms. The molecule has 6 aromatic rings. The molecule has 7 rings (SSSR count). The third-order valence-corrected chi connectivity index (χ3v) is 8.55. The summed E-state index contributed by atoms with van der Waals surface area (Å²) in [5.41, 5.74) is 6.78. The summed E-state index contributed by atoms with van der Waals surface area (Å²) in [6.45, 7) is 2.12. The van der Waals surface area contributed by atoms with Crippen LogP contribution in [-0.2, 0) is 4.79 Å². The van der Waals surface area contributed by atoms with Gasteiger partial charge in [0.1, 0.15) is 11.3 Å². The van der Waals surface area contributed by atoms with Crippen molar-refractivity contribution in [1.29, 1.82) is 0 Å². The second-order valence-corrected chi connectivity index (χ2v) is 11.5. The highest BCUT2D eigenvalue weighted by molar-refractivity contribution is 7.15. The van der Waals surface area contributed by atoms with Crippen molar-refractivity contribution in [3.05, 3.63) is 66.1 Å². The first kappa shape index (κ1) is 23.7. The summed E-state index contributed by atoms with van der Waals surface area (Å²) < 4.78 is 0. The fraction of sp³-hybridized carbons (Fsp3) is 0.233. The van der Waals surface area contributed by atoms with E-state index in [0.717, 1.165) is 75.8 Å². The van der Waals surface area contributed by atoms with Crippen LogP contribution in [0, 0.1) is 12.8 Å². The molecule has 6 heterocycles. The number of hydrogen-bond donors (Lipinski definition) is 3. The van der Waals surface area contributed by atoms with Crippen LogP contribution in [0.4, 0.5) is 5.69 Å². The molecular formula is C30H27N7OS. The molecule has 39 heavy (non-hydrogen) atoms. The number of anilines is 1. The zero-order chi connectivity index (χ0) is 26.3. The molecule has 0 aliphatic heterocycles. The Balaban J connectivity index is 1.22. The smallest absolute Gasteiger partial charge is 0.227 e. The van der Waals surface area contributed by atoms with Crippen LogP contribution < -0.4 is 5.32 Å². The zero-order valence-corrected chi connectivity index (χ0v) is 22.3. The van der Waals surface area contributed by atoms with Gasteiger partial charge in [0.2, 0.25) is 5.91 Å². The van der Waals surface area contributed by atoms with Crippen molar-refractivity contribution in [2.45, 2.75) is 39.0 Å². The average Bonchev–Trinajstić information content (AvgIpc) is 3.71. The summed E-state index contributed by atoms with van der Waals surface area (Å²) >= 11 is 1.77. The van der Waals surface area contributed by atoms with Crippen LogP contribution in [0.3, 0.4) is 0 Å². The lowest BCUT2D eigenvalue weighted by molar-refractivity contribution is -0.120. The van der Waals surface area contributed by atoms with Gasteiger partial charge in [-0.25, -0.2) is 4.98 Å². The number of amides is 1. The van der Waals surface area contributed by atoms with Crippen molar-refractivity contribution in [1.82, 2.24) is 30.1 Å². The Morgan fingerprint density at radius 3 is 2.74 bits per heavy atom. The van der Waals surface area contributed by atoms with Gasteiger partial charge in [-0.2, -0.15) is 5.10 Å². The summed E-state index contributed by atoms with van der Waals surface area (Å²) in [7, 11) is 0. The fourth-order valence-corrected chi connectivity index (χ4v) is 6.39. The Labute approximate surface area is 228 Å². The van der Waals surface area contributed by atoms with Crippen LogP contribution in [0.2, 0.25) is 0 Å². The lowest BCUT2D eigenvalue weighted by Crippen LogP contribution is -2.24. The topological polar surface area (TPSA) is 112 Å². The van der Waals surface area contributed by atoms with Crippen LogP contribution in [0.1, 0.15) is 37.0 Å². The molecule has 0 atom stereocenters. The summed E-state index contributed by atoms with van der Waals surface area (Å²) in [5, 5.41) is 12.8. The van der Waals surface area contributed by atoms with E-state index in [-0.39, 0.29) is 11.8 Å². The second kappa shape index (κ2) is 9.74. The zero-order valence-electron chi connectivity index (χ0n) is 21.5. The van der Waals surface area contributed by atoms with Crippen LogP contribution in [0.25, 0.3) is 55.0 Å². The molecule has 6 aromatic heterocycles. The molecule has 0 bridgehead atoms. The molecule has 1 fully saturated rings. The van der Waals surface area contributed by atoms with Crippen LogP contribution in [0.15, 0.2) is 61.2 Å². The standard InChI is InChI=1S/C30H27N7OS/c1-17-7-8-27(39-17)21-9-10-32-29-22(21)12-25(35-29)28-23-13-24(33-16-26(23)36-37-28)19-11-20(15-31-14-19)34-30(38)18-5-3-2-4-6-18/h7-16,18H,2-6H2,1H3,(H,32,35)(H,34,38)(H,36,37). The maximum Gasteiger partial charge on any atom is 0.227 e. The Morgan fingerprint density at radius 1 is 1.00 bits per heavy atom. The SMILES string of the molecule is Cc1ccc(-c2ccnc3[nH]c(-c4n[nH]c5cnc(-c6cncc(NC(=O)C7CCCCC7)c6)cc45)cc23)s1. The molecule has 3 N–H and O–H groups in total. The third kappa shape index (κ3) is 4.48. The van der Waals surface area contributed by atoms with Crippen molar-refractivity contribution in [3.8, 4) is 33.1 Å². The first-order chi connectivity index (χ1) is 19.1. The molecule has 0 saturated heterocycles. The van der Waals surface area contributed by atoms with Gasteiger partial charge in [0, 0.05) is 50.0 Å². The molecule has 1 amide bonds. The molecule has 9 heteroatoms. The van der Waals surface area contributed by atoms with Gasteiger partial charge in [0.15, 0.2) is 0 Å². The number of aryl methyl sites for hydroxylation is 1. The number of nitrogens with one attached hydrogen (secondary N) is 3. The van der Waals surface area contributed by atoms with Gasteiger partial charge in [-0.15, -0.1) is 11.3 Å². The van der Waals surface area contributed by atoms with Crippen molar-refractivity contribution in [2.24, 2.45) is 5.92 Å². The monoisotopic (exact) mass is 533 g/mol. The summed E-state index contributed by atoms with van der Waals surface area (Å²) in [5.74, 6) is 0.166. The van der Waals surface area contributed by atoms with Gasteiger partial charge < -0.3 is 10.3 Å². The van der Waals surface area contributed by atoms with Crippen molar-refractivity contribution < 1.29 is 4.79 Å². The lowest BCUT2D eigenvalue weighted by atomic mass is 9.88. The first-order valence-electron chi connectivity index (χ1n) is 13.3. The molecular weight excluding hydrogens is 506 g/mol. The van der Waals surface area contributed by atoms with Crippen molar-refractivity contribution in [2.75, 3.05) is 5.32 Å². The number of rotatable bonds is 5. The van der Waals surface area contributed by atoms with E-state index >= 15 is 0 Å². The minimum Gasteiger partial charge on any atom is -0.338 e. The summed E-state index contributed by atoms with van der Waals surface area (Å²) in [4.78, 5) is 32.3. The van der Waals surface area contributed by atoms with E-state index in [2.05, 4.69) is 66.6 Å². The number of thiophene rings is 1. The Bertz CT molecular complexity index is 1830. The van der Waals surface area contributed by atoms with E-state index in [0.29, 0.717) is 5.69 Å². The average molecular weight is 534 g/mol. The maximum atomic E-state index is 12.8. The molecule has 8 nitrogen and oxygen atoms in total. The number of nitrogens with zero attached hydrogens (tertiary/aromatic N) is 4. The van der Waals surface area contributed by atoms with E-state index in [1.54, 1.807) is 29.9 Å². The van der Waals surface area contributed by atoms with Gasteiger partial charge in [-0.1, -0.05) is 19.3 Å². The number of pyridine rings is 3. The van der Waals surface area contributed by atoms with Gasteiger partial charge in [-0.3, -0.25) is 19.9 Å². The van der Waals surface area contributed by atoms with Gasteiger partial charge >= 0.3 is 0 Å². The quantitative estimate of drug-likeness (QED) is 0.218. The largest absolute Gasteiger partial charge is 0.338 e. The van der Waals surface area contributed by atoms with Gasteiger partial charge in [0.05, 0.1) is 35.0 Å². The molecule has 1 aliphatic rings. The van der Waals surface area contributed by atoms with E-state index in [1.807, 2.05) is 18.3 Å². The normalized spacial score (nSPS) is 14.3. The van der Waals surface area contributed by atoms with Crippen molar-refractivity contribution >= 4 is 44.9 Å². The Kier molecular flexibility index (Phi) is 5.93. The predicted molar refractivity (Wildman–Crippen MR) is 155 cm³/mol. The molecule has 0 aromatic carbocycles. The molecule has 0 radical (unpaired) electrons. The number of carbonyl (C=O) groups is 1. The molecule has 1 aliphatic carbocycles. The van der Waals surface area contributed by atoms with Crippen molar-refractivity contribution in [3.63, 3.8) is 0 Å². The highest BCUT2D eigenvalue weighted by Gasteiger charge is 2.21. The number of hydrogen-bond acceptors (Lipinski definition) is 6. The number of aromatic amines is 2. The molecule has 0 unspecified atom stereocenters. The maximum absolute atomic E-state index is 12.8. The minimum absolute atomic E-state index is 0.0821. The molecule has 194 valence electrons. The van der Waals surface area contributed by atoms with Crippen LogP contribution >= 0.6 is 11.3 Å².